The fourth-order valence-electron chi connectivity index (χ4n) is 2.72. The Balaban J connectivity index is 1.80. The van der Waals surface area contributed by atoms with Crippen LogP contribution >= 0.6 is 27.3 Å². The Morgan fingerprint density at radius 3 is 2.72 bits per heavy atom. The van der Waals surface area contributed by atoms with E-state index in [0.29, 0.717) is 10.7 Å². The Hall–Kier alpha value is -1.68. The van der Waals surface area contributed by atoms with Gasteiger partial charge in [0.25, 0.3) is 0 Å². The van der Waals surface area contributed by atoms with E-state index in [4.69, 9.17) is 6.42 Å². The van der Waals surface area contributed by atoms with Gasteiger partial charge in [0, 0.05) is 15.8 Å². The largest absolute Gasteiger partial charge is 0.367 e. The molecule has 1 saturated carbocycles. The molecule has 1 aromatic carbocycles. The van der Waals surface area contributed by atoms with Crippen molar-refractivity contribution in [3.8, 4) is 12.3 Å². The van der Waals surface area contributed by atoms with E-state index in [-0.39, 0.29) is 11.8 Å². The molecule has 1 aromatic heterocycles. The van der Waals surface area contributed by atoms with Crippen LogP contribution in [0, 0.1) is 18.3 Å². The lowest BCUT2D eigenvalue weighted by molar-refractivity contribution is -0.130. The fraction of sp³-hybridized carbons (Fsp3) is 0.368. The first-order valence-electron chi connectivity index (χ1n) is 8.12. The number of nitrogens with one attached hydrogen (secondary N) is 1. The van der Waals surface area contributed by atoms with Gasteiger partial charge in [0.05, 0.1) is 11.1 Å². The minimum absolute atomic E-state index is 0.0211. The van der Waals surface area contributed by atoms with Crippen molar-refractivity contribution in [1.29, 1.82) is 0 Å². The van der Waals surface area contributed by atoms with E-state index >= 15 is 0 Å². The molecule has 2 N–H and O–H groups in total. The number of nitrogens with zero attached hydrogens (tertiary/aromatic N) is 1. The van der Waals surface area contributed by atoms with Crippen LogP contribution in [-0.4, -0.2) is 16.0 Å². The van der Waals surface area contributed by atoms with Crippen molar-refractivity contribution in [1.82, 2.24) is 10.3 Å². The lowest BCUT2D eigenvalue weighted by Crippen LogP contribution is -2.36. The van der Waals surface area contributed by atoms with E-state index in [2.05, 4.69) is 32.2 Å². The van der Waals surface area contributed by atoms with Gasteiger partial charge in [-0.05, 0) is 37.5 Å². The summed E-state index contributed by atoms with van der Waals surface area (Å²) in [6.07, 6.45) is 7.56. The first-order valence-corrected chi connectivity index (χ1v) is 9.79. The second-order valence-corrected chi connectivity index (χ2v) is 8.19. The molecule has 1 aliphatic rings. The summed E-state index contributed by atoms with van der Waals surface area (Å²) in [5.41, 5.74) is 0.935. The van der Waals surface area contributed by atoms with Crippen molar-refractivity contribution in [2.45, 2.75) is 37.8 Å². The first kappa shape index (κ1) is 18.1. The van der Waals surface area contributed by atoms with E-state index in [1.54, 1.807) is 0 Å². The molecule has 3 rings (SSSR count). The second-order valence-electron chi connectivity index (χ2n) is 6.39. The lowest BCUT2D eigenvalue weighted by Gasteiger charge is -2.25. The molecule has 2 aromatic rings. The third kappa shape index (κ3) is 3.64. The molecule has 0 radical (unpaired) electrons. The molecule has 2 atom stereocenters. The van der Waals surface area contributed by atoms with Crippen LogP contribution in [0.15, 0.2) is 34.1 Å². The van der Waals surface area contributed by atoms with Gasteiger partial charge >= 0.3 is 0 Å². The zero-order valence-electron chi connectivity index (χ0n) is 13.8. The maximum absolute atomic E-state index is 12.0. The summed E-state index contributed by atoms with van der Waals surface area (Å²) in [6.45, 7) is 1.92. The number of carbonyl (C=O) groups is 1. The summed E-state index contributed by atoms with van der Waals surface area (Å²) in [5.74, 6) is 2.73. The van der Waals surface area contributed by atoms with Gasteiger partial charge < -0.3 is 10.4 Å². The zero-order chi connectivity index (χ0) is 18.0. The maximum atomic E-state index is 12.0. The highest BCUT2D eigenvalue weighted by Gasteiger charge is 2.31. The van der Waals surface area contributed by atoms with Crippen molar-refractivity contribution < 1.29 is 9.90 Å². The van der Waals surface area contributed by atoms with Crippen molar-refractivity contribution in [2.75, 3.05) is 0 Å². The van der Waals surface area contributed by atoms with E-state index < -0.39 is 11.6 Å². The molecule has 1 fully saturated rings. The number of benzene rings is 1. The number of hydrogen-bond acceptors (Lipinski definition) is 4. The molecule has 25 heavy (non-hydrogen) atoms. The Bertz CT molecular complexity index is 808. The first-order chi connectivity index (χ1) is 11.9. The summed E-state index contributed by atoms with van der Waals surface area (Å²) in [4.78, 5) is 16.5. The lowest BCUT2D eigenvalue weighted by atomic mass is 9.81. The molecular formula is C19H19BrN2O2S. The number of aliphatic hydroxyl groups excluding tert-OH is 1. The quantitative estimate of drug-likeness (QED) is 0.573. The second kappa shape index (κ2) is 7.28. The maximum Gasteiger partial charge on any atom is 0.225 e. The van der Waals surface area contributed by atoms with Crippen LogP contribution in [0.3, 0.4) is 0 Å². The number of aliphatic hydroxyl groups is 1. The van der Waals surface area contributed by atoms with Crippen LogP contribution in [0.1, 0.15) is 48.7 Å². The molecule has 0 saturated heterocycles. The normalized spacial score (nSPS) is 17.8. The Morgan fingerprint density at radius 2 is 2.16 bits per heavy atom. The van der Waals surface area contributed by atoms with Crippen LogP contribution in [0.4, 0.5) is 0 Å². The molecule has 130 valence electrons. The number of thiazole rings is 1. The minimum atomic E-state index is -1.10. The highest BCUT2D eigenvalue weighted by Crippen LogP contribution is 2.34. The predicted octanol–water partition coefficient (Wildman–Crippen LogP) is 3.75. The molecule has 0 bridgehead atoms. The highest BCUT2D eigenvalue weighted by atomic mass is 79.9. The topological polar surface area (TPSA) is 62.2 Å². The highest BCUT2D eigenvalue weighted by molar-refractivity contribution is 9.10. The SMILES string of the molecule is C#C[C@@](C)(c1ccc(Br)cc1)c1csc([C@H](O)NC(=O)C2CCC2)n1. The number of carbonyl (C=O) groups excluding carboxylic acids is 1. The van der Waals surface area contributed by atoms with E-state index in [1.165, 1.54) is 11.3 Å². The van der Waals surface area contributed by atoms with Gasteiger partial charge in [0.15, 0.2) is 6.23 Å². The van der Waals surface area contributed by atoms with Gasteiger partial charge in [-0.15, -0.1) is 17.8 Å². The molecule has 4 nitrogen and oxygen atoms in total. The van der Waals surface area contributed by atoms with Crippen molar-refractivity contribution in [2.24, 2.45) is 5.92 Å². The molecule has 6 heteroatoms. The summed E-state index contributed by atoms with van der Waals surface area (Å²) < 4.78 is 0.976. The van der Waals surface area contributed by atoms with Crippen LogP contribution in [-0.2, 0) is 10.2 Å². The van der Waals surface area contributed by atoms with Gasteiger partial charge in [-0.1, -0.05) is 40.4 Å². The zero-order valence-corrected chi connectivity index (χ0v) is 16.2. The van der Waals surface area contributed by atoms with Crippen LogP contribution in [0.25, 0.3) is 0 Å². The van der Waals surface area contributed by atoms with Gasteiger partial charge in [0.2, 0.25) is 5.91 Å². The summed E-state index contributed by atoms with van der Waals surface area (Å²) in [5, 5.41) is 15.2. The Kier molecular flexibility index (Phi) is 5.28. The van der Waals surface area contributed by atoms with Crippen LogP contribution in [0.2, 0.25) is 0 Å². The number of aromatic nitrogens is 1. The number of halogens is 1. The molecule has 1 amide bonds. The third-order valence-corrected chi connectivity index (χ3v) is 6.16. The van der Waals surface area contributed by atoms with Crippen LogP contribution in [0.5, 0.6) is 0 Å². The van der Waals surface area contributed by atoms with E-state index in [0.717, 1.165) is 29.3 Å². The van der Waals surface area contributed by atoms with Crippen molar-refractivity contribution in [3.05, 3.63) is 50.4 Å². The number of hydrogen-bond donors (Lipinski definition) is 2. The molecule has 0 spiro atoms. The van der Waals surface area contributed by atoms with Gasteiger partial charge in [-0.3, -0.25) is 4.79 Å². The fourth-order valence-corrected chi connectivity index (χ4v) is 3.84. The average molecular weight is 419 g/mol. The Morgan fingerprint density at radius 1 is 1.48 bits per heavy atom. The molecule has 0 aliphatic heterocycles. The van der Waals surface area contributed by atoms with E-state index in [1.807, 2.05) is 36.6 Å². The standard InChI is InChI=1S/C19H19BrN2O2S/c1-3-19(2,13-7-9-14(20)10-8-13)15-11-25-18(21-15)17(24)22-16(23)12-5-4-6-12/h1,7-12,17,24H,4-6H2,2H3,(H,22,23)/t17-,19-/m0/s1. The third-order valence-electron chi connectivity index (χ3n) is 4.73. The molecular weight excluding hydrogens is 400 g/mol. The monoisotopic (exact) mass is 418 g/mol. The van der Waals surface area contributed by atoms with Gasteiger partial charge in [-0.2, -0.15) is 0 Å². The summed E-state index contributed by atoms with van der Waals surface area (Å²) in [6, 6.07) is 7.79. The predicted molar refractivity (Wildman–Crippen MR) is 102 cm³/mol. The molecule has 1 aliphatic carbocycles. The van der Waals surface area contributed by atoms with Gasteiger partial charge in [0.1, 0.15) is 5.01 Å². The number of amides is 1. The average Bonchev–Trinajstić information content (AvgIpc) is 3.03. The Labute approximate surface area is 159 Å². The van der Waals surface area contributed by atoms with Crippen LogP contribution < -0.4 is 5.32 Å². The smallest absolute Gasteiger partial charge is 0.225 e. The number of terminal acetylenes is 1. The summed E-state index contributed by atoms with van der Waals surface area (Å²) in [7, 11) is 0. The van der Waals surface area contributed by atoms with Crippen molar-refractivity contribution >= 4 is 33.2 Å². The van der Waals surface area contributed by atoms with E-state index in [9.17, 15) is 9.90 Å². The minimum Gasteiger partial charge on any atom is -0.367 e. The summed E-state index contributed by atoms with van der Waals surface area (Å²) >= 11 is 4.72. The number of rotatable bonds is 5. The van der Waals surface area contributed by atoms with Crippen molar-refractivity contribution in [3.63, 3.8) is 0 Å². The molecule has 0 unspecified atom stereocenters. The molecule has 1 heterocycles. The van der Waals surface area contributed by atoms with Gasteiger partial charge in [-0.25, -0.2) is 4.98 Å².